The first-order valence-corrected chi connectivity index (χ1v) is 6.21. The van der Waals surface area contributed by atoms with E-state index >= 15 is 0 Å². The summed E-state index contributed by atoms with van der Waals surface area (Å²) < 4.78 is 38.9. The van der Waals surface area contributed by atoms with Crippen molar-refractivity contribution in [3.63, 3.8) is 0 Å². The highest BCUT2D eigenvalue weighted by atomic mass is 19.2. The summed E-state index contributed by atoms with van der Waals surface area (Å²) in [6.45, 7) is 0.651. The van der Waals surface area contributed by atoms with Gasteiger partial charge in [0, 0.05) is 13.0 Å². The number of benzene rings is 1. The zero-order valence-electron chi connectivity index (χ0n) is 11.5. The molecule has 0 spiro atoms. The third-order valence-electron chi connectivity index (χ3n) is 2.70. The Hall–Kier alpha value is -2.09. The molecule has 0 aliphatic carbocycles. The van der Waals surface area contributed by atoms with Crippen LogP contribution in [0.25, 0.3) is 0 Å². The quantitative estimate of drug-likeness (QED) is 0.782. The third-order valence-corrected chi connectivity index (χ3v) is 2.70. The van der Waals surface area contributed by atoms with Crippen LogP contribution in [-0.4, -0.2) is 30.4 Å². The molecule has 0 atom stereocenters. The van der Waals surface area contributed by atoms with Crippen LogP contribution in [0.2, 0.25) is 0 Å². The number of imide groups is 1. The SMILES string of the molecule is CN(CCCC(=O)NC(N)=O)Cc1cc(F)c(F)c(F)c1. The van der Waals surface area contributed by atoms with Gasteiger partial charge in [-0.3, -0.25) is 10.1 Å². The number of amides is 3. The molecule has 8 heteroatoms. The Morgan fingerprint density at radius 1 is 1.24 bits per heavy atom. The molecule has 0 saturated carbocycles. The third kappa shape index (κ3) is 5.82. The van der Waals surface area contributed by atoms with E-state index in [0.29, 0.717) is 13.0 Å². The summed E-state index contributed by atoms with van der Waals surface area (Å²) in [6, 6.07) is 0.939. The highest BCUT2D eigenvalue weighted by molar-refractivity contribution is 5.93. The van der Waals surface area contributed by atoms with E-state index in [1.54, 1.807) is 11.9 Å². The number of nitrogens with one attached hydrogen (secondary N) is 1. The first-order valence-electron chi connectivity index (χ1n) is 6.21. The molecule has 21 heavy (non-hydrogen) atoms. The van der Waals surface area contributed by atoms with Gasteiger partial charge in [-0.05, 0) is 37.7 Å². The molecule has 0 heterocycles. The largest absolute Gasteiger partial charge is 0.351 e. The topological polar surface area (TPSA) is 75.4 Å². The zero-order valence-corrected chi connectivity index (χ0v) is 11.5. The van der Waals surface area contributed by atoms with Gasteiger partial charge in [0.05, 0.1) is 0 Å². The van der Waals surface area contributed by atoms with Crippen LogP contribution in [0.1, 0.15) is 18.4 Å². The van der Waals surface area contributed by atoms with Gasteiger partial charge in [0.15, 0.2) is 17.5 Å². The standard InChI is InChI=1S/C13H16F3N3O2/c1-19(4-2-3-11(20)18-13(17)21)7-8-5-9(14)12(16)10(15)6-8/h5-6H,2-4,7H2,1H3,(H3,17,18,20,21). The van der Waals surface area contributed by atoms with E-state index in [4.69, 9.17) is 5.73 Å². The lowest BCUT2D eigenvalue weighted by molar-refractivity contribution is -0.120. The lowest BCUT2D eigenvalue weighted by atomic mass is 10.2. The summed E-state index contributed by atoms with van der Waals surface area (Å²) in [4.78, 5) is 23.3. The van der Waals surface area contributed by atoms with Gasteiger partial charge in [0.25, 0.3) is 0 Å². The lowest BCUT2D eigenvalue weighted by Gasteiger charge is -2.16. The summed E-state index contributed by atoms with van der Waals surface area (Å²) in [5, 5.41) is 1.93. The fraction of sp³-hybridized carbons (Fsp3) is 0.385. The molecule has 0 radical (unpaired) electrons. The Bertz CT molecular complexity index is 514. The molecule has 3 N–H and O–H groups in total. The van der Waals surface area contributed by atoms with Crippen LogP contribution in [0, 0.1) is 17.5 Å². The van der Waals surface area contributed by atoms with Crippen molar-refractivity contribution >= 4 is 11.9 Å². The molecule has 0 aliphatic rings. The maximum Gasteiger partial charge on any atom is 0.318 e. The molecule has 5 nitrogen and oxygen atoms in total. The van der Waals surface area contributed by atoms with E-state index in [2.05, 4.69) is 0 Å². The van der Waals surface area contributed by atoms with Gasteiger partial charge in [-0.25, -0.2) is 18.0 Å². The molecule has 0 aromatic heterocycles. The van der Waals surface area contributed by atoms with Gasteiger partial charge in [0.2, 0.25) is 5.91 Å². The van der Waals surface area contributed by atoms with Crippen LogP contribution >= 0.6 is 0 Å². The van der Waals surface area contributed by atoms with Crippen molar-refractivity contribution < 1.29 is 22.8 Å². The van der Waals surface area contributed by atoms with Crippen molar-refractivity contribution in [3.05, 3.63) is 35.1 Å². The number of carbonyl (C=O) groups is 2. The molecule has 0 fully saturated rings. The molecule has 1 aromatic carbocycles. The van der Waals surface area contributed by atoms with E-state index in [1.165, 1.54) is 0 Å². The van der Waals surface area contributed by atoms with E-state index in [0.717, 1.165) is 12.1 Å². The van der Waals surface area contributed by atoms with E-state index in [9.17, 15) is 22.8 Å². The minimum atomic E-state index is -1.50. The Morgan fingerprint density at radius 2 is 1.81 bits per heavy atom. The van der Waals surface area contributed by atoms with Crippen LogP contribution < -0.4 is 11.1 Å². The lowest BCUT2D eigenvalue weighted by Crippen LogP contribution is -2.35. The van der Waals surface area contributed by atoms with E-state index < -0.39 is 29.4 Å². The smallest absolute Gasteiger partial charge is 0.318 e. The van der Waals surface area contributed by atoms with Crippen molar-refractivity contribution in [2.75, 3.05) is 13.6 Å². The Kier molecular flexibility index (Phi) is 6.16. The highest BCUT2D eigenvalue weighted by Crippen LogP contribution is 2.14. The van der Waals surface area contributed by atoms with Crippen molar-refractivity contribution in [2.45, 2.75) is 19.4 Å². The summed E-state index contributed by atoms with van der Waals surface area (Å²) >= 11 is 0. The van der Waals surface area contributed by atoms with Crippen molar-refractivity contribution in [1.82, 2.24) is 10.2 Å². The highest BCUT2D eigenvalue weighted by Gasteiger charge is 2.12. The number of urea groups is 1. The minimum Gasteiger partial charge on any atom is -0.351 e. The molecular formula is C13H16F3N3O2. The molecule has 0 unspecified atom stereocenters. The fourth-order valence-corrected chi connectivity index (χ4v) is 1.80. The van der Waals surface area contributed by atoms with Gasteiger partial charge in [-0.1, -0.05) is 0 Å². The molecular weight excluding hydrogens is 287 g/mol. The Labute approximate surface area is 119 Å². The Morgan fingerprint density at radius 3 is 2.33 bits per heavy atom. The number of carbonyl (C=O) groups excluding carboxylic acids is 2. The second kappa shape index (κ2) is 7.63. The van der Waals surface area contributed by atoms with E-state index in [-0.39, 0.29) is 18.5 Å². The number of halogens is 3. The van der Waals surface area contributed by atoms with Crippen LogP contribution in [0.15, 0.2) is 12.1 Å². The van der Waals surface area contributed by atoms with Crippen molar-refractivity contribution in [2.24, 2.45) is 5.73 Å². The van der Waals surface area contributed by atoms with Gasteiger partial charge in [0.1, 0.15) is 0 Å². The predicted molar refractivity (Wildman–Crippen MR) is 69.6 cm³/mol. The minimum absolute atomic E-state index is 0.0966. The molecule has 1 rings (SSSR count). The van der Waals surface area contributed by atoms with Gasteiger partial charge < -0.3 is 10.6 Å². The first kappa shape index (κ1) is 17.0. The summed E-state index contributed by atoms with van der Waals surface area (Å²) in [5.74, 6) is -4.46. The number of hydrogen-bond acceptors (Lipinski definition) is 3. The van der Waals surface area contributed by atoms with Crippen LogP contribution in [0.5, 0.6) is 0 Å². The summed E-state index contributed by atoms with van der Waals surface area (Å²) in [5.41, 5.74) is 5.07. The number of rotatable bonds is 6. The first-order chi connectivity index (χ1) is 9.79. The zero-order chi connectivity index (χ0) is 16.0. The molecule has 3 amide bonds. The average molecular weight is 303 g/mol. The van der Waals surface area contributed by atoms with Crippen LogP contribution in [-0.2, 0) is 11.3 Å². The van der Waals surface area contributed by atoms with Gasteiger partial charge in [-0.15, -0.1) is 0 Å². The van der Waals surface area contributed by atoms with Crippen LogP contribution in [0.3, 0.4) is 0 Å². The maximum atomic E-state index is 13.0. The molecule has 0 saturated heterocycles. The van der Waals surface area contributed by atoms with Crippen LogP contribution in [0.4, 0.5) is 18.0 Å². The molecule has 1 aromatic rings. The predicted octanol–water partition coefficient (Wildman–Crippen LogP) is 1.51. The second-order valence-electron chi connectivity index (χ2n) is 4.63. The Balaban J connectivity index is 2.42. The number of hydrogen-bond donors (Lipinski definition) is 2. The maximum absolute atomic E-state index is 13.0. The van der Waals surface area contributed by atoms with Crippen molar-refractivity contribution in [1.29, 1.82) is 0 Å². The summed E-state index contributed by atoms with van der Waals surface area (Å²) in [6.07, 6.45) is 0.529. The number of primary amides is 1. The number of nitrogens with two attached hydrogens (primary N) is 1. The van der Waals surface area contributed by atoms with E-state index in [1.807, 2.05) is 5.32 Å². The molecule has 116 valence electrons. The number of nitrogens with zero attached hydrogens (tertiary/aromatic N) is 1. The molecule has 0 aliphatic heterocycles. The monoisotopic (exact) mass is 303 g/mol. The normalized spacial score (nSPS) is 10.7. The van der Waals surface area contributed by atoms with Gasteiger partial charge in [-0.2, -0.15) is 0 Å². The fourth-order valence-electron chi connectivity index (χ4n) is 1.80. The second-order valence-corrected chi connectivity index (χ2v) is 4.63. The van der Waals surface area contributed by atoms with Crippen molar-refractivity contribution in [3.8, 4) is 0 Å². The van der Waals surface area contributed by atoms with Gasteiger partial charge >= 0.3 is 6.03 Å². The molecule has 0 bridgehead atoms. The summed E-state index contributed by atoms with van der Waals surface area (Å²) in [7, 11) is 1.69. The average Bonchev–Trinajstić information content (AvgIpc) is 2.34.